The van der Waals surface area contributed by atoms with E-state index in [2.05, 4.69) is 25.8 Å². The molecular weight excluding hydrogens is 214 g/mol. The number of nitrogens with zero attached hydrogens (tertiary/aromatic N) is 2. The standard InChI is InChI=1S/C13H23N3O/c1-8-9(2)17-10(3)13(8)11(14)7-12-15-5-6-16(12)4/h5-6,8-11,13H,7,14H2,1-4H3. The topological polar surface area (TPSA) is 53.1 Å². The van der Waals surface area contributed by atoms with Crippen molar-refractivity contribution in [2.24, 2.45) is 24.6 Å². The Hall–Kier alpha value is -0.870. The maximum atomic E-state index is 6.35. The third kappa shape index (κ3) is 2.38. The molecule has 0 saturated carbocycles. The number of nitrogens with two attached hydrogens (primary N) is 1. The summed E-state index contributed by atoms with van der Waals surface area (Å²) in [6.45, 7) is 6.49. The average molecular weight is 237 g/mol. The largest absolute Gasteiger partial charge is 0.375 e. The van der Waals surface area contributed by atoms with Gasteiger partial charge in [-0.05, 0) is 19.8 Å². The van der Waals surface area contributed by atoms with Crippen molar-refractivity contribution in [3.05, 3.63) is 18.2 Å². The highest BCUT2D eigenvalue weighted by Gasteiger charge is 2.40. The Morgan fingerprint density at radius 2 is 2.12 bits per heavy atom. The van der Waals surface area contributed by atoms with Gasteiger partial charge in [0.1, 0.15) is 5.82 Å². The number of aromatic nitrogens is 2. The molecule has 0 bridgehead atoms. The van der Waals surface area contributed by atoms with Crippen molar-refractivity contribution in [1.82, 2.24) is 9.55 Å². The van der Waals surface area contributed by atoms with Gasteiger partial charge in [-0.1, -0.05) is 6.92 Å². The van der Waals surface area contributed by atoms with E-state index in [-0.39, 0.29) is 12.1 Å². The number of hydrogen-bond donors (Lipinski definition) is 1. The third-order valence-electron chi connectivity index (χ3n) is 4.15. The van der Waals surface area contributed by atoms with Gasteiger partial charge in [-0.2, -0.15) is 0 Å². The average Bonchev–Trinajstić information content (AvgIpc) is 2.74. The van der Waals surface area contributed by atoms with Crippen molar-refractivity contribution in [3.63, 3.8) is 0 Å². The Morgan fingerprint density at radius 1 is 1.41 bits per heavy atom. The molecule has 17 heavy (non-hydrogen) atoms. The van der Waals surface area contributed by atoms with E-state index < -0.39 is 0 Å². The summed E-state index contributed by atoms with van der Waals surface area (Å²) in [5.41, 5.74) is 6.35. The van der Waals surface area contributed by atoms with Crippen LogP contribution in [0.1, 0.15) is 26.6 Å². The van der Waals surface area contributed by atoms with Gasteiger partial charge in [-0.15, -0.1) is 0 Å². The maximum Gasteiger partial charge on any atom is 0.109 e. The van der Waals surface area contributed by atoms with Gasteiger partial charge in [0.15, 0.2) is 0 Å². The van der Waals surface area contributed by atoms with Gasteiger partial charge in [0.2, 0.25) is 0 Å². The summed E-state index contributed by atoms with van der Waals surface area (Å²) in [7, 11) is 2.01. The van der Waals surface area contributed by atoms with Crippen LogP contribution in [0, 0.1) is 11.8 Å². The van der Waals surface area contributed by atoms with E-state index in [1.54, 1.807) is 0 Å². The number of ether oxygens (including phenoxy) is 1. The van der Waals surface area contributed by atoms with Gasteiger partial charge in [0.05, 0.1) is 12.2 Å². The fourth-order valence-corrected chi connectivity index (χ4v) is 2.97. The molecule has 5 unspecified atom stereocenters. The summed E-state index contributed by atoms with van der Waals surface area (Å²) in [5, 5.41) is 0. The van der Waals surface area contributed by atoms with E-state index in [4.69, 9.17) is 10.5 Å². The molecule has 0 aromatic carbocycles. The Kier molecular flexibility index (Phi) is 3.54. The first kappa shape index (κ1) is 12.6. The molecule has 4 heteroatoms. The third-order valence-corrected chi connectivity index (χ3v) is 4.15. The first-order valence-corrected chi connectivity index (χ1v) is 6.38. The summed E-state index contributed by atoms with van der Waals surface area (Å²) in [6.07, 6.45) is 5.15. The SMILES string of the molecule is CC1OC(C)C(C(N)Cc2nccn2C)C1C. The van der Waals surface area contributed by atoms with Crippen LogP contribution in [0.2, 0.25) is 0 Å². The molecule has 0 spiro atoms. The molecule has 1 fully saturated rings. The van der Waals surface area contributed by atoms with Gasteiger partial charge in [0.25, 0.3) is 0 Å². The highest BCUT2D eigenvalue weighted by atomic mass is 16.5. The number of hydrogen-bond acceptors (Lipinski definition) is 3. The first-order valence-electron chi connectivity index (χ1n) is 6.38. The lowest BCUT2D eigenvalue weighted by molar-refractivity contribution is 0.0489. The molecule has 2 N–H and O–H groups in total. The quantitative estimate of drug-likeness (QED) is 0.863. The zero-order valence-electron chi connectivity index (χ0n) is 11.1. The normalized spacial score (nSPS) is 35.1. The van der Waals surface area contributed by atoms with Crippen LogP contribution in [0.25, 0.3) is 0 Å². The molecule has 5 atom stereocenters. The molecular formula is C13H23N3O. The Morgan fingerprint density at radius 3 is 2.59 bits per heavy atom. The second kappa shape index (κ2) is 4.78. The lowest BCUT2D eigenvalue weighted by atomic mass is 9.82. The highest BCUT2D eigenvalue weighted by Crippen LogP contribution is 2.34. The molecule has 1 aromatic rings. The molecule has 0 aliphatic carbocycles. The highest BCUT2D eigenvalue weighted by molar-refractivity contribution is 4.99. The predicted octanol–water partition coefficient (Wildman–Crippen LogP) is 1.35. The Labute approximate surface area is 103 Å². The molecule has 0 amide bonds. The van der Waals surface area contributed by atoms with Crippen molar-refractivity contribution >= 4 is 0 Å². The number of rotatable bonds is 3. The van der Waals surface area contributed by atoms with Gasteiger partial charge >= 0.3 is 0 Å². The summed E-state index contributed by atoms with van der Waals surface area (Å²) in [5.74, 6) is 1.98. The van der Waals surface area contributed by atoms with Crippen LogP contribution in [0.4, 0.5) is 0 Å². The van der Waals surface area contributed by atoms with Crippen molar-refractivity contribution in [3.8, 4) is 0 Å². The van der Waals surface area contributed by atoms with Gasteiger partial charge in [-0.3, -0.25) is 0 Å². The van der Waals surface area contributed by atoms with Crippen molar-refractivity contribution in [2.45, 2.75) is 45.4 Å². The fourth-order valence-electron chi connectivity index (χ4n) is 2.97. The second-order valence-corrected chi connectivity index (χ2v) is 5.31. The van der Waals surface area contributed by atoms with Gasteiger partial charge < -0.3 is 15.0 Å². The van der Waals surface area contributed by atoms with E-state index in [9.17, 15) is 0 Å². The zero-order chi connectivity index (χ0) is 12.6. The summed E-state index contributed by atoms with van der Waals surface area (Å²) >= 11 is 0. The Bertz CT molecular complexity index is 376. The minimum atomic E-state index is 0.117. The molecule has 2 rings (SSSR count). The van der Waals surface area contributed by atoms with Gasteiger partial charge in [-0.25, -0.2) is 4.98 Å². The monoisotopic (exact) mass is 237 g/mol. The van der Waals surface area contributed by atoms with E-state index in [1.165, 1.54) is 0 Å². The van der Waals surface area contributed by atoms with Crippen LogP contribution in [-0.4, -0.2) is 27.8 Å². The van der Waals surface area contributed by atoms with Crippen molar-refractivity contribution in [1.29, 1.82) is 0 Å². The van der Waals surface area contributed by atoms with Crippen LogP contribution in [0.5, 0.6) is 0 Å². The van der Waals surface area contributed by atoms with Crippen LogP contribution in [0.3, 0.4) is 0 Å². The van der Waals surface area contributed by atoms with Gasteiger partial charge in [0, 0.05) is 37.8 Å². The smallest absolute Gasteiger partial charge is 0.109 e. The van der Waals surface area contributed by atoms with Crippen LogP contribution in [0.15, 0.2) is 12.4 Å². The summed E-state index contributed by atoms with van der Waals surface area (Å²) in [4.78, 5) is 4.34. The molecule has 0 radical (unpaired) electrons. The van der Waals surface area contributed by atoms with Crippen LogP contribution in [-0.2, 0) is 18.2 Å². The summed E-state index contributed by atoms with van der Waals surface area (Å²) in [6, 6.07) is 0.117. The molecule has 1 saturated heterocycles. The predicted molar refractivity (Wildman–Crippen MR) is 67.6 cm³/mol. The number of imidazole rings is 1. The first-order chi connectivity index (χ1) is 8.00. The van der Waals surface area contributed by atoms with Crippen LogP contribution >= 0.6 is 0 Å². The van der Waals surface area contributed by atoms with E-state index in [1.807, 2.05) is 24.0 Å². The molecule has 96 valence electrons. The van der Waals surface area contributed by atoms with E-state index >= 15 is 0 Å². The minimum absolute atomic E-state index is 0.117. The molecule has 1 aromatic heterocycles. The zero-order valence-corrected chi connectivity index (χ0v) is 11.1. The fraction of sp³-hybridized carbons (Fsp3) is 0.769. The van der Waals surface area contributed by atoms with Crippen molar-refractivity contribution in [2.75, 3.05) is 0 Å². The lowest BCUT2D eigenvalue weighted by Crippen LogP contribution is -2.39. The molecule has 1 aliphatic rings. The summed E-state index contributed by atoms with van der Waals surface area (Å²) < 4.78 is 7.89. The maximum absolute atomic E-state index is 6.35. The van der Waals surface area contributed by atoms with E-state index in [0.717, 1.165) is 12.2 Å². The molecule has 4 nitrogen and oxygen atoms in total. The Balaban J connectivity index is 2.05. The van der Waals surface area contributed by atoms with Crippen LogP contribution < -0.4 is 5.73 Å². The van der Waals surface area contributed by atoms with E-state index in [0.29, 0.717) is 17.9 Å². The second-order valence-electron chi connectivity index (χ2n) is 5.31. The lowest BCUT2D eigenvalue weighted by Gasteiger charge is -2.25. The molecule has 2 heterocycles. The number of aryl methyl sites for hydroxylation is 1. The minimum Gasteiger partial charge on any atom is -0.375 e. The van der Waals surface area contributed by atoms with Crippen molar-refractivity contribution < 1.29 is 4.74 Å². The molecule has 1 aliphatic heterocycles.